The minimum absolute atomic E-state index is 0.0136. The Morgan fingerprint density at radius 2 is 1.59 bits per heavy atom. The van der Waals surface area contributed by atoms with E-state index in [9.17, 15) is 18.0 Å². The van der Waals surface area contributed by atoms with Crippen molar-refractivity contribution >= 4 is 39.1 Å². The number of amides is 2. The van der Waals surface area contributed by atoms with E-state index in [1.54, 1.807) is 12.1 Å². The second-order valence-corrected chi connectivity index (χ2v) is 12.8. The molecule has 0 aliphatic heterocycles. The molecule has 3 aromatic rings. The van der Waals surface area contributed by atoms with Crippen LogP contribution in [0.25, 0.3) is 0 Å². The number of rotatable bonds is 12. The fraction of sp³-hybridized carbons (Fsp3) is 0.375. The molecule has 0 aliphatic rings. The predicted octanol–water partition coefficient (Wildman–Crippen LogP) is 6.18. The zero-order valence-corrected chi connectivity index (χ0v) is 26.2. The quantitative estimate of drug-likeness (QED) is 0.270. The van der Waals surface area contributed by atoms with Gasteiger partial charge in [-0.25, -0.2) is 8.42 Å². The minimum Gasteiger partial charge on any atom is -0.352 e. The smallest absolute Gasteiger partial charge is 0.264 e. The molecule has 0 aliphatic carbocycles. The summed E-state index contributed by atoms with van der Waals surface area (Å²) in [6.45, 7) is 11.2. The lowest BCUT2D eigenvalue weighted by Crippen LogP contribution is -2.53. The molecular weight excluding hydrogens is 558 g/mol. The van der Waals surface area contributed by atoms with E-state index in [1.807, 2.05) is 71.9 Å². The van der Waals surface area contributed by atoms with Crippen molar-refractivity contribution in [2.75, 3.05) is 10.8 Å². The Bertz CT molecular complexity index is 1470. The Hall–Kier alpha value is -3.36. The number of hydrogen-bond donors (Lipinski definition) is 1. The van der Waals surface area contributed by atoms with Crippen LogP contribution in [0.2, 0.25) is 5.02 Å². The zero-order chi connectivity index (χ0) is 30.3. The van der Waals surface area contributed by atoms with Gasteiger partial charge in [-0.05, 0) is 93.6 Å². The Morgan fingerprint density at radius 1 is 0.902 bits per heavy atom. The van der Waals surface area contributed by atoms with Gasteiger partial charge in [0.1, 0.15) is 12.6 Å². The van der Waals surface area contributed by atoms with Crippen molar-refractivity contribution in [3.8, 4) is 0 Å². The largest absolute Gasteiger partial charge is 0.352 e. The van der Waals surface area contributed by atoms with Gasteiger partial charge in [-0.2, -0.15) is 0 Å². The highest BCUT2D eigenvalue weighted by molar-refractivity contribution is 7.92. The van der Waals surface area contributed by atoms with E-state index in [1.165, 1.54) is 29.2 Å². The number of nitrogens with zero attached hydrogens (tertiary/aromatic N) is 2. The molecule has 0 bridgehead atoms. The van der Waals surface area contributed by atoms with E-state index in [0.29, 0.717) is 17.1 Å². The first-order valence-electron chi connectivity index (χ1n) is 13.9. The number of sulfonamides is 1. The minimum atomic E-state index is -4.16. The summed E-state index contributed by atoms with van der Waals surface area (Å²) in [5.74, 6) is -0.741. The SMILES string of the molecule is CC[C@@H](C)NC(=O)[C@H](CC)N(Cc1cccc(C)c1)C(=O)CN(c1ccc(C)c(C)c1)S(=O)(=O)c1ccc(Cl)cc1. The molecule has 220 valence electrons. The average molecular weight is 598 g/mol. The number of halogens is 1. The Kier molecular flexibility index (Phi) is 11.0. The zero-order valence-electron chi connectivity index (χ0n) is 24.6. The van der Waals surface area contributed by atoms with Gasteiger partial charge < -0.3 is 10.2 Å². The first-order valence-corrected chi connectivity index (χ1v) is 15.7. The Morgan fingerprint density at radius 3 is 2.17 bits per heavy atom. The topological polar surface area (TPSA) is 86.8 Å². The first-order chi connectivity index (χ1) is 19.4. The molecule has 1 N–H and O–H groups in total. The van der Waals surface area contributed by atoms with E-state index in [2.05, 4.69) is 5.32 Å². The first kappa shape index (κ1) is 32.2. The third-order valence-corrected chi connectivity index (χ3v) is 9.32. The van der Waals surface area contributed by atoms with Gasteiger partial charge in [0.05, 0.1) is 10.6 Å². The number of nitrogens with one attached hydrogen (secondary N) is 1. The third-order valence-electron chi connectivity index (χ3n) is 7.28. The molecule has 0 unspecified atom stereocenters. The average Bonchev–Trinajstić information content (AvgIpc) is 2.93. The van der Waals surface area contributed by atoms with E-state index < -0.39 is 28.5 Å². The van der Waals surface area contributed by atoms with Crippen LogP contribution >= 0.6 is 11.6 Å². The number of aryl methyl sites for hydroxylation is 3. The monoisotopic (exact) mass is 597 g/mol. The van der Waals surface area contributed by atoms with Crippen LogP contribution in [0.4, 0.5) is 5.69 Å². The molecule has 0 saturated heterocycles. The summed E-state index contributed by atoms with van der Waals surface area (Å²) in [4.78, 5) is 29.1. The molecule has 0 spiro atoms. The fourth-order valence-corrected chi connectivity index (χ4v) is 6.04. The van der Waals surface area contributed by atoms with Crippen molar-refractivity contribution in [2.45, 2.75) is 77.9 Å². The fourth-order valence-electron chi connectivity index (χ4n) is 4.51. The number of hydrogen-bond acceptors (Lipinski definition) is 4. The van der Waals surface area contributed by atoms with Gasteiger partial charge in [-0.1, -0.05) is 61.3 Å². The van der Waals surface area contributed by atoms with Gasteiger partial charge in [0.25, 0.3) is 10.0 Å². The highest BCUT2D eigenvalue weighted by atomic mass is 35.5. The normalized spacial score (nSPS) is 12.9. The number of anilines is 1. The summed E-state index contributed by atoms with van der Waals surface area (Å²) in [6.07, 6.45) is 1.11. The molecule has 7 nitrogen and oxygen atoms in total. The summed E-state index contributed by atoms with van der Waals surface area (Å²) in [5, 5.41) is 3.40. The lowest BCUT2D eigenvalue weighted by Gasteiger charge is -2.34. The lowest BCUT2D eigenvalue weighted by atomic mass is 10.1. The second-order valence-electron chi connectivity index (χ2n) is 10.5. The summed E-state index contributed by atoms with van der Waals surface area (Å²) >= 11 is 6.03. The molecule has 3 rings (SSSR count). The van der Waals surface area contributed by atoms with Gasteiger partial charge in [0.15, 0.2) is 0 Å². The van der Waals surface area contributed by atoms with Crippen LogP contribution in [0, 0.1) is 20.8 Å². The molecule has 0 fully saturated rings. The highest BCUT2D eigenvalue weighted by Gasteiger charge is 2.34. The standard InChI is InChI=1S/C32H40ClN3O4S/c1-7-25(6)34-32(38)30(8-2)35(20-26-11-9-10-22(3)18-26)31(37)21-36(28-15-12-23(4)24(5)19-28)41(39,40)29-16-13-27(33)14-17-29/h9-19,25,30H,7-8,20-21H2,1-6H3,(H,34,38)/t25-,30+/m1/s1. The van der Waals surface area contributed by atoms with Crippen LogP contribution in [0.5, 0.6) is 0 Å². The van der Waals surface area contributed by atoms with Crippen LogP contribution in [-0.2, 0) is 26.2 Å². The summed E-state index contributed by atoms with van der Waals surface area (Å²) in [5.41, 5.74) is 4.13. The Labute approximate surface area is 249 Å². The van der Waals surface area contributed by atoms with Gasteiger partial charge in [-0.15, -0.1) is 0 Å². The van der Waals surface area contributed by atoms with E-state index >= 15 is 0 Å². The van der Waals surface area contributed by atoms with Crippen molar-refractivity contribution in [1.29, 1.82) is 0 Å². The summed E-state index contributed by atoms with van der Waals surface area (Å²) in [6, 6.07) is 18.0. The maximum absolute atomic E-state index is 14.2. The molecule has 3 aromatic carbocycles. The number of carbonyl (C=O) groups excluding carboxylic acids is 2. The molecule has 0 aromatic heterocycles. The van der Waals surface area contributed by atoms with E-state index in [0.717, 1.165) is 33.0 Å². The highest BCUT2D eigenvalue weighted by Crippen LogP contribution is 2.27. The van der Waals surface area contributed by atoms with Crippen LogP contribution in [0.1, 0.15) is 55.9 Å². The van der Waals surface area contributed by atoms with Gasteiger partial charge in [0, 0.05) is 17.6 Å². The lowest BCUT2D eigenvalue weighted by molar-refractivity contribution is -0.140. The van der Waals surface area contributed by atoms with Crippen molar-refractivity contribution in [2.24, 2.45) is 0 Å². The van der Waals surface area contributed by atoms with Gasteiger partial charge in [-0.3, -0.25) is 13.9 Å². The molecule has 2 amide bonds. The van der Waals surface area contributed by atoms with Crippen LogP contribution in [0.15, 0.2) is 71.6 Å². The number of benzene rings is 3. The second kappa shape index (κ2) is 14.0. The third kappa shape index (κ3) is 8.11. The Balaban J connectivity index is 2.09. The molecule has 2 atom stereocenters. The van der Waals surface area contributed by atoms with Crippen molar-refractivity contribution in [3.63, 3.8) is 0 Å². The molecule has 0 heterocycles. The predicted molar refractivity (Wildman–Crippen MR) is 166 cm³/mol. The molecule has 41 heavy (non-hydrogen) atoms. The molecule has 0 saturated carbocycles. The maximum atomic E-state index is 14.2. The van der Waals surface area contributed by atoms with Gasteiger partial charge in [0.2, 0.25) is 11.8 Å². The maximum Gasteiger partial charge on any atom is 0.264 e. The van der Waals surface area contributed by atoms with Crippen molar-refractivity contribution in [1.82, 2.24) is 10.2 Å². The molecule has 0 radical (unpaired) electrons. The van der Waals surface area contributed by atoms with E-state index in [-0.39, 0.29) is 23.4 Å². The molecule has 9 heteroatoms. The summed E-state index contributed by atoms with van der Waals surface area (Å²) in [7, 11) is -4.16. The molecular formula is C32H40ClN3O4S. The van der Waals surface area contributed by atoms with Crippen LogP contribution in [-0.4, -0.2) is 43.8 Å². The van der Waals surface area contributed by atoms with Gasteiger partial charge >= 0.3 is 0 Å². The van der Waals surface area contributed by atoms with E-state index in [4.69, 9.17) is 11.6 Å². The van der Waals surface area contributed by atoms with Crippen LogP contribution < -0.4 is 9.62 Å². The number of carbonyl (C=O) groups is 2. The van der Waals surface area contributed by atoms with Crippen molar-refractivity contribution < 1.29 is 18.0 Å². The van der Waals surface area contributed by atoms with Crippen LogP contribution in [0.3, 0.4) is 0 Å². The van der Waals surface area contributed by atoms with Crippen molar-refractivity contribution in [3.05, 3.63) is 94.0 Å². The summed E-state index contributed by atoms with van der Waals surface area (Å²) < 4.78 is 29.1.